The zero-order chi connectivity index (χ0) is 29.5. The van der Waals surface area contributed by atoms with Gasteiger partial charge in [-0.1, -0.05) is 0 Å². The van der Waals surface area contributed by atoms with Crippen molar-refractivity contribution in [2.24, 2.45) is 0 Å². The molecule has 0 unspecified atom stereocenters. The number of aliphatic hydroxyl groups excluding tert-OH is 2. The molecule has 1 aliphatic rings. The highest BCUT2D eigenvalue weighted by Gasteiger charge is 2.06. The highest BCUT2D eigenvalue weighted by atomic mass is 16.6. The number of benzene rings is 2. The third-order valence-electron chi connectivity index (χ3n) is 5.72. The third-order valence-corrected chi connectivity index (χ3v) is 5.72. The fourth-order valence-electron chi connectivity index (χ4n) is 3.73. The Labute approximate surface area is 247 Å². The fraction of sp³-hybridized carbons (Fsp3) is 0.600. The summed E-state index contributed by atoms with van der Waals surface area (Å²) in [5.41, 5.74) is 1.38. The van der Waals surface area contributed by atoms with Crippen molar-refractivity contribution in [1.29, 1.82) is 0 Å². The van der Waals surface area contributed by atoms with E-state index < -0.39 is 0 Å². The normalized spacial score (nSPS) is 18.5. The molecular formula is C30H44O12. The molecule has 0 amide bonds. The van der Waals surface area contributed by atoms with Crippen molar-refractivity contribution in [3.8, 4) is 23.0 Å². The maximum atomic E-state index is 9.56. The molecule has 4 bridgehead atoms. The maximum Gasteiger partial charge on any atom is 0.123 e. The average molecular weight is 597 g/mol. The Bertz CT molecular complexity index is 831. The summed E-state index contributed by atoms with van der Waals surface area (Å²) in [6, 6.07) is 10.6. The summed E-state index contributed by atoms with van der Waals surface area (Å²) < 4.78 is 56.3. The zero-order valence-corrected chi connectivity index (χ0v) is 24.2. The number of fused-ring (bicyclic) bond motifs is 4. The molecule has 1 heterocycles. The van der Waals surface area contributed by atoms with Crippen LogP contribution in [0.25, 0.3) is 0 Å². The van der Waals surface area contributed by atoms with Crippen molar-refractivity contribution in [3.63, 3.8) is 0 Å². The molecular weight excluding hydrogens is 552 g/mol. The lowest BCUT2D eigenvalue weighted by Crippen LogP contribution is -2.15. The van der Waals surface area contributed by atoms with E-state index in [1.807, 2.05) is 0 Å². The smallest absolute Gasteiger partial charge is 0.123 e. The summed E-state index contributed by atoms with van der Waals surface area (Å²) in [5, 5.41) is 19.1. The fourth-order valence-corrected chi connectivity index (χ4v) is 3.73. The number of rotatable bonds is 2. The van der Waals surface area contributed by atoms with Crippen LogP contribution in [0.4, 0.5) is 0 Å². The van der Waals surface area contributed by atoms with E-state index in [2.05, 4.69) is 0 Å². The Morgan fingerprint density at radius 3 is 0.762 bits per heavy atom. The Kier molecular flexibility index (Phi) is 17.7. The number of aliphatic hydroxyl groups is 2. The summed E-state index contributed by atoms with van der Waals surface area (Å²) in [5.74, 6) is 2.36. The van der Waals surface area contributed by atoms with Gasteiger partial charge < -0.3 is 57.6 Å². The van der Waals surface area contributed by atoms with Crippen molar-refractivity contribution in [2.45, 2.75) is 13.2 Å². The Hall–Kier alpha value is -2.68. The van der Waals surface area contributed by atoms with E-state index >= 15 is 0 Å². The molecule has 236 valence electrons. The predicted octanol–water partition coefficient (Wildman–Crippen LogP) is 2.00. The van der Waals surface area contributed by atoms with E-state index in [0.717, 1.165) is 0 Å². The molecule has 0 spiro atoms. The van der Waals surface area contributed by atoms with Crippen molar-refractivity contribution in [1.82, 2.24) is 0 Å². The van der Waals surface area contributed by atoms with Gasteiger partial charge in [0.15, 0.2) is 0 Å². The molecule has 3 rings (SSSR count). The second-order valence-corrected chi connectivity index (χ2v) is 9.01. The van der Waals surface area contributed by atoms with E-state index in [1.54, 1.807) is 36.4 Å². The summed E-state index contributed by atoms with van der Waals surface area (Å²) in [6.45, 7) is 6.19. The van der Waals surface area contributed by atoms with Crippen LogP contribution in [0, 0.1) is 0 Å². The van der Waals surface area contributed by atoms with Gasteiger partial charge in [0.2, 0.25) is 0 Å². The first kappa shape index (κ1) is 33.8. The number of hydrogen-bond acceptors (Lipinski definition) is 12. The molecule has 2 aromatic carbocycles. The average Bonchev–Trinajstić information content (AvgIpc) is 3.01. The van der Waals surface area contributed by atoms with Crippen LogP contribution >= 0.6 is 0 Å². The maximum absolute atomic E-state index is 9.56. The van der Waals surface area contributed by atoms with E-state index in [1.165, 1.54) is 0 Å². The summed E-state index contributed by atoms with van der Waals surface area (Å²) in [6.07, 6.45) is 0. The topological polar surface area (TPSA) is 133 Å². The van der Waals surface area contributed by atoms with Gasteiger partial charge in [-0.05, 0) is 35.4 Å². The molecule has 0 radical (unpaired) electrons. The minimum absolute atomic E-state index is 0.123. The van der Waals surface area contributed by atoms with E-state index in [9.17, 15) is 10.2 Å². The first-order valence-electron chi connectivity index (χ1n) is 14.2. The predicted molar refractivity (Wildman–Crippen MR) is 152 cm³/mol. The van der Waals surface area contributed by atoms with Gasteiger partial charge in [0.1, 0.15) is 49.4 Å². The van der Waals surface area contributed by atoms with Crippen LogP contribution < -0.4 is 18.9 Å². The number of ether oxygens (including phenoxy) is 10. The van der Waals surface area contributed by atoms with Crippen molar-refractivity contribution in [2.75, 3.05) is 106 Å². The lowest BCUT2D eigenvalue weighted by Gasteiger charge is -2.13. The molecule has 0 saturated heterocycles. The molecule has 0 atom stereocenters. The summed E-state index contributed by atoms with van der Waals surface area (Å²) >= 11 is 0. The summed E-state index contributed by atoms with van der Waals surface area (Å²) in [7, 11) is 0. The van der Waals surface area contributed by atoms with Crippen molar-refractivity contribution < 1.29 is 57.6 Å². The molecule has 2 aromatic rings. The molecule has 12 heteroatoms. The molecule has 0 aromatic heterocycles. The molecule has 0 saturated carbocycles. The van der Waals surface area contributed by atoms with E-state index in [4.69, 9.17) is 47.4 Å². The second kappa shape index (κ2) is 21.9. The van der Waals surface area contributed by atoms with Crippen LogP contribution in [-0.4, -0.2) is 116 Å². The van der Waals surface area contributed by atoms with Crippen LogP contribution in [0.5, 0.6) is 23.0 Å². The van der Waals surface area contributed by atoms with E-state index in [-0.39, 0.29) is 13.2 Å². The van der Waals surface area contributed by atoms with Gasteiger partial charge in [-0.25, -0.2) is 0 Å². The second-order valence-electron chi connectivity index (χ2n) is 9.01. The standard InChI is InChI=1S/C30H44O12/c31-23-25-17-27-21-28(18-25)41-15-11-37-7-3-34-4-8-38-12-16-42-30-20-26(24-32)19-29(22-30)40-14-10-36-6-2-33-1-5-35-9-13-39-27/h17-22,31-32H,1-16,23-24H2. The SMILES string of the molecule is OCc1cc2cc(c1)OCCOCCOCCOCCOc1cc(CO)cc(c1)OCCOCCOCCOCCO2. The number of hydrogen-bond donors (Lipinski definition) is 2. The zero-order valence-electron chi connectivity index (χ0n) is 24.2. The van der Waals surface area contributed by atoms with Crippen LogP contribution in [0.15, 0.2) is 36.4 Å². The first-order chi connectivity index (χ1) is 20.8. The van der Waals surface area contributed by atoms with Crippen molar-refractivity contribution >= 4 is 0 Å². The first-order valence-corrected chi connectivity index (χ1v) is 14.2. The molecule has 42 heavy (non-hydrogen) atoms. The molecule has 2 N–H and O–H groups in total. The van der Waals surface area contributed by atoms with Crippen LogP contribution in [0.2, 0.25) is 0 Å². The lowest BCUT2D eigenvalue weighted by atomic mass is 10.2. The Morgan fingerprint density at radius 1 is 0.333 bits per heavy atom. The largest absolute Gasteiger partial charge is 0.491 e. The Morgan fingerprint density at radius 2 is 0.548 bits per heavy atom. The Balaban J connectivity index is 1.41. The van der Waals surface area contributed by atoms with E-state index in [0.29, 0.717) is 140 Å². The highest BCUT2D eigenvalue weighted by Crippen LogP contribution is 2.24. The van der Waals surface area contributed by atoms with Crippen LogP contribution in [0.3, 0.4) is 0 Å². The highest BCUT2D eigenvalue weighted by molar-refractivity contribution is 5.39. The van der Waals surface area contributed by atoms with Gasteiger partial charge in [0.25, 0.3) is 0 Å². The van der Waals surface area contributed by atoms with Crippen molar-refractivity contribution in [3.05, 3.63) is 47.5 Å². The van der Waals surface area contributed by atoms with Gasteiger partial charge in [0, 0.05) is 12.1 Å². The molecule has 0 fully saturated rings. The van der Waals surface area contributed by atoms with Gasteiger partial charge in [-0.2, -0.15) is 0 Å². The van der Waals surface area contributed by atoms with Crippen LogP contribution in [-0.2, 0) is 41.6 Å². The molecule has 0 aliphatic carbocycles. The minimum Gasteiger partial charge on any atom is -0.491 e. The third kappa shape index (κ3) is 15.0. The quantitative estimate of drug-likeness (QED) is 0.526. The monoisotopic (exact) mass is 596 g/mol. The molecule has 12 nitrogen and oxygen atoms in total. The van der Waals surface area contributed by atoms with Gasteiger partial charge >= 0.3 is 0 Å². The minimum atomic E-state index is -0.123. The van der Waals surface area contributed by atoms with Crippen LogP contribution in [0.1, 0.15) is 11.1 Å². The lowest BCUT2D eigenvalue weighted by molar-refractivity contribution is 0.00432. The van der Waals surface area contributed by atoms with Gasteiger partial charge in [0.05, 0.1) is 92.5 Å². The summed E-state index contributed by atoms with van der Waals surface area (Å²) in [4.78, 5) is 0. The van der Waals surface area contributed by atoms with Gasteiger partial charge in [-0.3, -0.25) is 0 Å². The molecule has 1 aliphatic heterocycles. The van der Waals surface area contributed by atoms with Gasteiger partial charge in [-0.15, -0.1) is 0 Å².